The highest BCUT2D eigenvalue weighted by Gasteiger charge is 2.26. The van der Waals surface area contributed by atoms with E-state index in [9.17, 15) is 5.11 Å². The van der Waals surface area contributed by atoms with Gasteiger partial charge in [0.15, 0.2) is 5.82 Å². The molecule has 1 aliphatic heterocycles. The van der Waals surface area contributed by atoms with Crippen molar-refractivity contribution in [3.8, 4) is 0 Å². The Balaban J connectivity index is 2.27. The van der Waals surface area contributed by atoms with Crippen molar-refractivity contribution in [2.75, 3.05) is 36.9 Å². The molecule has 0 aromatic carbocycles. The summed E-state index contributed by atoms with van der Waals surface area (Å²) in [5.74, 6) is 1.24. The van der Waals surface area contributed by atoms with Gasteiger partial charge in [0.25, 0.3) is 0 Å². The maximum atomic E-state index is 9.18. The molecular formula is C12H22N4O2. The van der Waals surface area contributed by atoms with E-state index in [1.54, 1.807) is 0 Å². The zero-order valence-corrected chi connectivity index (χ0v) is 11.3. The van der Waals surface area contributed by atoms with Crippen molar-refractivity contribution in [2.24, 2.45) is 7.05 Å². The van der Waals surface area contributed by atoms with Crippen LogP contribution in [0, 0.1) is 0 Å². The van der Waals surface area contributed by atoms with Crippen LogP contribution < -0.4 is 10.6 Å². The van der Waals surface area contributed by atoms with Crippen LogP contribution in [0.1, 0.15) is 25.5 Å². The Morgan fingerprint density at radius 3 is 2.83 bits per heavy atom. The second-order valence-electron chi connectivity index (χ2n) is 5.02. The SMILES string of the molecule is CC(C)c1nn(C)c(N2CCOC(CO)C2)c1N. The summed E-state index contributed by atoms with van der Waals surface area (Å²) in [6.45, 7) is 6.23. The zero-order chi connectivity index (χ0) is 13.3. The molecule has 102 valence electrons. The van der Waals surface area contributed by atoms with Gasteiger partial charge in [-0.2, -0.15) is 5.10 Å². The number of nitrogen functional groups attached to an aromatic ring is 1. The predicted octanol–water partition coefficient (Wildman–Crippen LogP) is 0.323. The van der Waals surface area contributed by atoms with Gasteiger partial charge in [0, 0.05) is 20.1 Å². The Labute approximate surface area is 107 Å². The van der Waals surface area contributed by atoms with Crippen LogP contribution in [0.3, 0.4) is 0 Å². The fourth-order valence-corrected chi connectivity index (χ4v) is 2.38. The molecule has 6 nitrogen and oxygen atoms in total. The number of hydrogen-bond acceptors (Lipinski definition) is 5. The van der Waals surface area contributed by atoms with Crippen LogP contribution in [0.15, 0.2) is 0 Å². The van der Waals surface area contributed by atoms with Crippen molar-refractivity contribution in [2.45, 2.75) is 25.9 Å². The fraction of sp³-hybridized carbons (Fsp3) is 0.750. The zero-order valence-electron chi connectivity index (χ0n) is 11.3. The Morgan fingerprint density at radius 1 is 1.56 bits per heavy atom. The van der Waals surface area contributed by atoms with E-state index in [1.165, 1.54) is 0 Å². The lowest BCUT2D eigenvalue weighted by Crippen LogP contribution is -2.45. The molecule has 3 N–H and O–H groups in total. The summed E-state index contributed by atoms with van der Waals surface area (Å²) in [7, 11) is 1.90. The van der Waals surface area contributed by atoms with Crippen LogP contribution in [0.2, 0.25) is 0 Å². The average molecular weight is 254 g/mol. The number of hydrogen-bond donors (Lipinski definition) is 2. The van der Waals surface area contributed by atoms with Crippen molar-refractivity contribution in [3.05, 3.63) is 5.69 Å². The molecule has 1 atom stereocenters. The number of morpholine rings is 1. The number of aromatic nitrogens is 2. The van der Waals surface area contributed by atoms with E-state index in [0.717, 1.165) is 23.7 Å². The number of anilines is 2. The van der Waals surface area contributed by atoms with Crippen LogP contribution in [0.4, 0.5) is 11.5 Å². The third-order valence-electron chi connectivity index (χ3n) is 3.27. The minimum Gasteiger partial charge on any atom is -0.394 e. The first-order valence-electron chi connectivity index (χ1n) is 6.34. The maximum absolute atomic E-state index is 9.18. The number of nitrogens with zero attached hydrogens (tertiary/aromatic N) is 3. The van der Waals surface area contributed by atoms with Gasteiger partial charge in [0.05, 0.1) is 30.7 Å². The quantitative estimate of drug-likeness (QED) is 0.812. The Morgan fingerprint density at radius 2 is 2.28 bits per heavy atom. The van der Waals surface area contributed by atoms with Crippen molar-refractivity contribution < 1.29 is 9.84 Å². The number of nitrogens with two attached hydrogens (primary N) is 1. The first-order valence-corrected chi connectivity index (χ1v) is 6.34. The van der Waals surface area contributed by atoms with E-state index in [-0.39, 0.29) is 12.7 Å². The molecule has 0 bridgehead atoms. The molecule has 18 heavy (non-hydrogen) atoms. The van der Waals surface area contributed by atoms with E-state index < -0.39 is 0 Å². The molecular weight excluding hydrogens is 232 g/mol. The minimum absolute atomic E-state index is 0.0330. The highest BCUT2D eigenvalue weighted by Crippen LogP contribution is 2.31. The van der Waals surface area contributed by atoms with Gasteiger partial charge in [-0.15, -0.1) is 0 Å². The lowest BCUT2D eigenvalue weighted by atomic mass is 10.1. The molecule has 1 aromatic heterocycles. The first-order chi connectivity index (χ1) is 8.54. The molecule has 2 heterocycles. The predicted molar refractivity (Wildman–Crippen MR) is 70.7 cm³/mol. The molecule has 1 aromatic rings. The molecule has 1 saturated heterocycles. The van der Waals surface area contributed by atoms with Gasteiger partial charge in [-0.3, -0.25) is 4.68 Å². The maximum Gasteiger partial charge on any atom is 0.150 e. The normalized spacial score (nSPS) is 20.7. The van der Waals surface area contributed by atoms with Crippen molar-refractivity contribution in [1.29, 1.82) is 0 Å². The molecule has 6 heteroatoms. The summed E-state index contributed by atoms with van der Waals surface area (Å²) in [6, 6.07) is 0. The first kappa shape index (κ1) is 13.2. The number of aryl methyl sites for hydroxylation is 1. The van der Waals surface area contributed by atoms with E-state index >= 15 is 0 Å². The second kappa shape index (κ2) is 5.16. The van der Waals surface area contributed by atoms with E-state index in [1.807, 2.05) is 11.7 Å². The number of aliphatic hydroxyl groups excluding tert-OH is 1. The van der Waals surface area contributed by atoms with Crippen molar-refractivity contribution >= 4 is 11.5 Å². The molecule has 0 spiro atoms. The largest absolute Gasteiger partial charge is 0.394 e. The average Bonchev–Trinajstić information content (AvgIpc) is 2.65. The summed E-state index contributed by atoms with van der Waals surface area (Å²) >= 11 is 0. The van der Waals surface area contributed by atoms with Crippen LogP contribution >= 0.6 is 0 Å². The monoisotopic (exact) mass is 254 g/mol. The van der Waals surface area contributed by atoms with Crippen LogP contribution in [-0.2, 0) is 11.8 Å². The second-order valence-corrected chi connectivity index (χ2v) is 5.02. The molecule has 1 fully saturated rings. The summed E-state index contributed by atoms with van der Waals surface area (Å²) in [6.07, 6.45) is -0.143. The van der Waals surface area contributed by atoms with E-state index in [4.69, 9.17) is 10.5 Å². The van der Waals surface area contributed by atoms with E-state index in [0.29, 0.717) is 19.1 Å². The number of aliphatic hydroxyl groups is 1. The Kier molecular flexibility index (Phi) is 3.77. The van der Waals surface area contributed by atoms with E-state index in [2.05, 4.69) is 23.8 Å². The van der Waals surface area contributed by atoms with Gasteiger partial charge < -0.3 is 20.5 Å². The molecule has 0 saturated carbocycles. The lowest BCUT2D eigenvalue weighted by molar-refractivity contribution is 0.00323. The third-order valence-corrected chi connectivity index (χ3v) is 3.27. The molecule has 0 amide bonds. The van der Waals surface area contributed by atoms with Gasteiger partial charge in [0.2, 0.25) is 0 Å². The topological polar surface area (TPSA) is 76.5 Å². The number of rotatable bonds is 3. The van der Waals surface area contributed by atoms with Gasteiger partial charge >= 0.3 is 0 Å². The van der Waals surface area contributed by atoms with Gasteiger partial charge in [0.1, 0.15) is 0 Å². The standard InChI is InChI=1S/C12H22N4O2/c1-8(2)11-10(13)12(15(3)14-11)16-4-5-18-9(6-16)7-17/h8-9,17H,4-7,13H2,1-3H3. The molecule has 1 aliphatic rings. The lowest BCUT2D eigenvalue weighted by Gasteiger charge is -2.33. The minimum atomic E-state index is -0.143. The highest BCUT2D eigenvalue weighted by atomic mass is 16.5. The van der Waals surface area contributed by atoms with Gasteiger partial charge in [-0.1, -0.05) is 13.8 Å². The highest BCUT2D eigenvalue weighted by molar-refractivity contribution is 5.67. The fourth-order valence-electron chi connectivity index (χ4n) is 2.38. The molecule has 0 radical (unpaired) electrons. The van der Waals surface area contributed by atoms with Crippen molar-refractivity contribution in [3.63, 3.8) is 0 Å². The van der Waals surface area contributed by atoms with Crippen LogP contribution in [-0.4, -0.2) is 47.3 Å². The molecule has 1 unspecified atom stereocenters. The van der Waals surface area contributed by atoms with Gasteiger partial charge in [-0.05, 0) is 5.92 Å². The van der Waals surface area contributed by atoms with Crippen LogP contribution in [0.25, 0.3) is 0 Å². The Bertz CT molecular complexity index is 416. The van der Waals surface area contributed by atoms with Gasteiger partial charge in [-0.25, -0.2) is 0 Å². The molecule has 2 rings (SSSR count). The summed E-state index contributed by atoms with van der Waals surface area (Å²) < 4.78 is 7.27. The van der Waals surface area contributed by atoms with Crippen LogP contribution in [0.5, 0.6) is 0 Å². The third kappa shape index (κ3) is 2.30. The summed E-state index contributed by atoms with van der Waals surface area (Å²) in [4.78, 5) is 2.14. The summed E-state index contributed by atoms with van der Waals surface area (Å²) in [5, 5.41) is 13.7. The smallest absolute Gasteiger partial charge is 0.150 e. The van der Waals surface area contributed by atoms with Crippen molar-refractivity contribution in [1.82, 2.24) is 9.78 Å². The number of ether oxygens (including phenoxy) is 1. The Hall–Kier alpha value is -1.27. The summed E-state index contributed by atoms with van der Waals surface area (Å²) in [5.41, 5.74) is 7.87. The molecule has 0 aliphatic carbocycles.